The molecular formula is C17H16ClN3. The highest BCUT2D eigenvalue weighted by atomic mass is 35.5. The highest BCUT2D eigenvalue weighted by molar-refractivity contribution is 6.30. The fourth-order valence-corrected chi connectivity index (χ4v) is 2.64. The lowest BCUT2D eigenvalue weighted by molar-refractivity contribution is 0.694. The maximum absolute atomic E-state index is 6.05. The fraction of sp³-hybridized carbons (Fsp3) is 0.118. The van der Waals surface area contributed by atoms with E-state index < -0.39 is 0 Å². The third-order valence-electron chi connectivity index (χ3n) is 3.40. The van der Waals surface area contributed by atoms with E-state index in [0.29, 0.717) is 13.1 Å². The molecule has 0 fully saturated rings. The maximum atomic E-state index is 6.05. The van der Waals surface area contributed by atoms with Crippen molar-refractivity contribution in [2.24, 2.45) is 5.73 Å². The molecule has 21 heavy (non-hydrogen) atoms. The van der Waals surface area contributed by atoms with Crippen LogP contribution in [0.1, 0.15) is 11.1 Å². The number of benzene rings is 2. The minimum absolute atomic E-state index is 0.472. The molecule has 0 atom stereocenters. The second kappa shape index (κ2) is 6.12. The van der Waals surface area contributed by atoms with E-state index >= 15 is 0 Å². The van der Waals surface area contributed by atoms with Gasteiger partial charge in [0.1, 0.15) is 0 Å². The normalized spacial score (nSPS) is 10.8. The van der Waals surface area contributed by atoms with Crippen molar-refractivity contribution in [1.29, 1.82) is 0 Å². The monoisotopic (exact) mass is 297 g/mol. The Balaban J connectivity index is 2.02. The summed E-state index contributed by atoms with van der Waals surface area (Å²) in [5, 5.41) is 5.22. The van der Waals surface area contributed by atoms with Gasteiger partial charge in [0.25, 0.3) is 0 Å². The van der Waals surface area contributed by atoms with Gasteiger partial charge in [-0.15, -0.1) is 0 Å². The van der Waals surface area contributed by atoms with Crippen LogP contribution >= 0.6 is 11.6 Å². The molecule has 3 rings (SSSR count). The van der Waals surface area contributed by atoms with Crippen molar-refractivity contribution in [1.82, 2.24) is 9.78 Å². The summed E-state index contributed by atoms with van der Waals surface area (Å²) in [6.07, 6.45) is 1.84. The van der Waals surface area contributed by atoms with Crippen molar-refractivity contribution in [3.8, 4) is 11.3 Å². The predicted octanol–water partition coefficient (Wildman–Crippen LogP) is 3.71. The zero-order chi connectivity index (χ0) is 14.7. The lowest BCUT2D eigenvalue weighted by Gasteiger charge is -2.10. The van der Waals surface area contributed by atoms with Gasteiger partial charge in [-0.05, 0) is 17.7 Å². The lowest BCUT2D eigenvalue weighted by atomic mass is 10.1. The van der Waals surface area contributed by atoms with Crippen molar-refractivity contribution >= 4 is 11.6 Å². The van der Waals surface area contributed by atoms with Crippen LogP contribution in [0.25, 0.3) is 11.3 Å². The second-order valence-corrected chi connectivity index (χ2v) is 5.31. The van der Waals surface area contributed by atoms with Crippen molar-refractivity contribution in [2.45, 2.75) is 13.1 Å². The molecule has 1 aromatic heterocycles. The molecule has 4 heteroatoms. The first-order valence-corrected chi connectivity index (χ1v) is 7.20. The molecular weight excluding hydrogens is 282 g/mol. The first-order valence-electron chi connectivity index (χ1n) is 6.82. The number of nitrogens with two attached hydrogens (primary N) is 1. The smallest absolute Gasteiger partial charge is 0.0731 e. The second-order valence-electron chi connectivity index (χ2n) is 4.88. The van der Waals surface area contributed by atoms with Gasteiger partial charge < -0.3 is 5.73 Å². The third-order valence-corrected chi connectivity index (χ3v) is 3.64. The zero-order valence-corrected chi connectivity index (χ0v) is 12.3. The molecule has 3 aromatic rings. The summed E-state index contributed by atoms with van der Waals surface area (Å²) < 4.78 is 1.98. The summed E-state index contributed by atoms with van der Waals surface area (Å²) in [4.78, 5) is 0. The van der Waals surface area contributed by atoms with E-state index in [1.54, 1.807) is 0 Å². The van der Waals surface area contributed by atoms with Crippen LogP contribution in [0.15, 0.2) is 60.8 Å². The highest BCUT2D eigenvalue weighted by Crippen LogP contribution is 2.24. The van der Waals surface area contributed by atoms with Crippen molar-refractivity contribution < 1.29 is 0 Å². The third kappa shape index (κ3) is 2.99. The first-order chi connectivity index (χ1) is 10.3. The van der Waals surface area contributed by atoms with Gasteiger partial charge >= 0.3 is 0 Å². The van der Waals surface area contributed by atoms with Crippen LogP contribution in [0, 0.1) is 0 Å². The molecule has 0 amide bonds. The van der Waals surface area contributed by atoms with E-state index in [1.165, 1.54) is 0 Å². The van der Waals surface area contributed by atoms with E-state index in [0.717, 1.165) is 27.4 Å². The first kappa shape index (κ1) is 13.9. The fourth-order valence-electron chi connectivity index (χ4n) is 2.43. The molecule has 0 aliphatic heterocycles. The summed E-state index contributed by atoms with van der Waals surface area (Å²) in [5.74, 6) is 0. The topological polar surface area (TPSA) is 43.8 Å². The summed E-state index contributed by atoms with van der Waals surface area (Å²) >= 11 is 6.05. The molecule has 0 radical (unpaired) electrons. The van der Waals surface area contributed by atoms with Crippen LogP contribution < -0.4 is 5.73 Å². The number of halogens is 1. The SMILES string of the molecule is NCc1cnn(Cc2cccc(Cl)c2)c1-c1ccccc1. The number of hydrogen-bond donors (Lipinski definition) is 1. The summed E-state index contributed by atoms with van der Waals surface area (Å²) in [6.45, 7) is 1.14. The maximum Gasteiger partial charge on any atom is 0.0731 e. The van der Waals surface area contributed by atoms with E-state index in [1.807, 2.05) is 53.3 Å². The van der Waals surface area contributed by atoms with Crippen LogP contribution in [-0.2, 0) is 13.1 Å². The Hall–Kier alpha value is -2.10. The van der Waals surface area contributed by atoms with Gasteiger partial charge in [0.05, 0.1) is 18.4 Å². The molecule has 0 bridgehead atoms. The van der Waals surface area contributed by atoms with Crippen molar-refractivity contribution in [3.63, 3.8) is 0 Å². The predicted molar refractivity (Wildman–Crippen MR) is 86.1 cm³/mol. The van der Waals surface area contributed by atoms with Crippen molar-refractivity contribution in [3.05, 3.63) is 76.9 Å². The standard InChI is InChI=1S/C17H16ClN3/c18-16-8-4-5-13(9-16)12-21-17(15(10-19)11-20-21)14-6-2-1-3-7-14/h1-9,11H,10,12,19H2. The van der Waals surface area contributed by atoms with Crippen LogP contribution in [0.5, 0.6) is 0 Å². The molecule has 1 heterocycles. The number of aromatic nitrogens is 2. The van der Waals surface area contributed by atoms with Gasteiger partial charge in [-0.25, -0.2) is 0 Å². The molecule has 0 saturated carbocycles. The molecule has 0 saturated heterocycles. The zero-order valence-electron chi connectivity index (χ0n) is 11.5. The Morgan fingerprint density at radius 3 is 2.57 bits per heavy atom. The number of hydrogen-bond acceptors (Lipinski definition) is 2. The van der Waals surface area contributed by atoms with E-state index in [2.05, 4.69) is 17.2 Å². The average molecular weight is 298 g/mol. The summed E-state index contributed by atoms with van der Waals surface area (Å²) in [5.41, 5.74) is 10.2. The molecule has 0 spiro atoms. The summed E-state index contributed by atoms with van der Waals surface area (Å²) in [6, 6.07) is 18.0. The van der Waals surface area contributed by atoms with Crippen LogP contribution in [0.3, 0.4) is 0 Å². The highest BCUT2D eigenvalue weighted by Gasteiger charge is 2.12. The number of rotatable bonds is 4. The molecule has 2 N–H and O–H groups in total. The molecule has 106 valence electrons. The Morgan fingerprint density at radius 1 is 1.05 bits per heavy atom. The van der Waals surface area contributed by atoms with Gasteiger partial charge in [0.15, 0.2) is 0 Å². The van der Waals surface area contributed by atoms with Crippen molar-refractivity contribution in [2.75, 3.05) is 0 Å². The molecule has 2 aromatic carbocycles. The Bertz CT molecular complexity index is 735. The molecule has 0 aliphatic carbocycles. The molecule has 3 nitrogen and oxygen atoms in total. The number of nitrogens with zero attached hydrogens (tertiary/aromatic N) is 2. The Kier molecular flexibility index (Phi) is 4.04. The van der Waals surface area contributed by atoms with Gasteiger partial charge in [0.2, 0.25) is 0 Å². The minimum atomic E-state index is 0.472. The van der Waals surface area contributed by atoms with Crippen LogP contribution in [-0.4, -0.2) is 9.78 Å². The largest absolute Gasteiger partial charge is 0.326 e. The van der Waals surface area contributed by atoms with Crippen LogP contribution in [0.2, 0.25) is 5.02 Å². The minimum Gasteiger partial charge on any atom is -0.326 e. The van der Waals surface area contributed by atoms with E-state index in [-0.39, 0.29) is 0 Å². The van der Waals surface area contributed by atoms with Gasteiger partial charge in [-0.1, -0.05) is 54.1 Å². The van der Waals surface area contributed by atoms with E-state index in [9.17, 15) is 0 Å². The van der Waals surface area contributed by atoms with E-state index in [4.69, 9.17) is 17.3 Å². The average Bonchev–Trinajstić information content (AvgIpc) is 2.91. The molecule has 0 unspecified atom stereocenters. The summed E-state index contributed by atoms with van der Waals surface area (Å²) in [7, 11) is 0. The lowest BCUT2D eigenvalue weighted by Crippen LogP contribution is -2.05. The molecule has 0 aliphatic rings. The van der Waals surface area contributed by atoms with Gasteiger partial charge in [-0.3, -0.25) is 4.68 Å². The quantitative estimate of drug-likeness (QED) is 0.798. The Morgan fingerprint density at radius 2 is 1.86 bits per heavy atom. The van der Waals surface area contributed by atoms with Gasteiger partial charge in [-0.2, -0.15) is 5.10 Å². The Labute approximate surface area is 129 Å². The van der Waals surface area contributed by atoms with Crippen LogP contribution in [0.4, 0.5) is 0 Å². The van der Waals surface area contributed by atoms with Gasteiger partial charge in [0, 0.05) is 22.7 Å².